The van der Waals surface area contributed by atoms with Gasteiger partial charge in [-0.15, -0.1) is 24.8 Å². The normalized spacial score (nSPS) is 14.7. The van der Waals surface area contributed by atoms with E-state index in [0.29, 0.717) is 0 Å². The Hall–Kier alpha value is -2.30. The molecule has 6 heteroatoms. The van der Waals surface area contributed by atoms with Gasteiger partial charge in [0.1, 0.15) is 11.7 Å². The fourth-order valence-corrected chi connectivity index (χ4v) is 3.45. The number of rotatable bonds is 3. The zero-order chi connectivity index (χ0) is 18.1. The van der Waals surface area contributed by atoms with Crippen molar-refractivity contribution in [3.8, 4) is 0 Å². The van der Waals surface area contributed by atoms with Gasteiger partial charge in [-0.05, 0) is 37.1 Å². The molecule has 1 aliphatic heterocycles. The smallest absolute Gasteiger partial charge is 0.130 e. The van der Waals surface area contributed by atoms with E-state index in [4.69, 9.17) is 9.98 Å². The van der Waals surface area contributed by atoms with E-state index in [1.165, 1.54) is 11.3 Å². The van der Waals surface area contributed by atoms with Gasteiger partial charge in [-0.2, -0.15) is 0 Å². The van der Waals surface area contributed by atoms with Crippen LogP contribution in [0.3, 0.4) is 0 Å². The number of aryl methyl sites for hydroxylation is 1. The monoisotopic (exact) mass is 416 g/mol. The maximum atomic E-state index is 5.09. The number of amidine groups is 1. The Morgan fingerprint density at radius 2 is 1.79 bits per heavy atom. The van der Waals surface area contributed by atoms with E-state index in [2.05, 4.69) is 60.4 Å². The molecule has 2 heterocycles. The maximum Gasteiger partial charge on any atom is 0.130 e. The van der Waals surface area contributed by atoms with Crippen LogP contribution in [0.2, 0.25) is 0 Å². The van der Waals surface area contributed by atoms with Crippen molar-refractivity contribution in [1.29, 1.82) is 0 Å². The molecule has 0 bridgehead atoms. The molecule has 1 aliphatic rings. The third kappa shape index (κ3) is 4.40. The van der Waals surface area contributed by atoms with E-state index in [1.807, 2.05) is 25.1 Å². The summed E-state index contributed by atoms with van der Waals surface area (Å²) in [5.41, 5.74) is 4.48. The highest BCUT2D eigenvalue weighted by Gasteiger charge is 2.21. The molecule has 0 amide bonds. The van der Waals surface area contributed by atoms with Gasteiger partial charge in [-0.3, -0.25) is 0 Å². The van der Waals surface area contributed by atoms with E-state index < -0.39 is 0 Å². The summed E-state index contributed by atoms with van der Waals surface area (Å²) in [4.78, 5) is 14.2. The number of hydrogen-bond acceptors (Lipinski definition) is 3. The van der Waals surface area contributed by atoms with Gasteiger partial charge in [0, 0.05) is 44.2 Å². The highest BCUT2D eigenvalue weighted by molar-refractivity contribution is 6.03. The Balaban J connectivity index is 0.00000140. The molecule has 0 aliphatic carbocycles. The number of benzene rings is 2. The maximum absolute atomic E-state index is 5.09. The van der Waals surface area contributed by atoms with Crippen molar-refractivity contribution in [2.45, 2.75) is 19.8 Å². The number of nitrogens with zero attached hydrogens (tertiary/aromatic N) is 4. The lowest BCUT2D eigenvalue weighted by atomic mass is 10.2. The van der Waals surface area contributed by atoms with Crippen molar-refractivity contribution in [2.75, 3.05) is 30.4 Å². The number of halogens is 2. The van der Waals surface area contributed by atoms with Crippen LogP contribution in [0.5, 0.6) is 0 Å². The molecule has 0 unspecified atom stereocenters. The van der Waals surface area contributed by atoms with Crippen molar-refractivity contribution < 1.29 is 0 Å². The SMILES string of the molecule is Cc1cccc(N2CCCC2=Nc2cc(N(C)C)nc3ccccc23)c1.Cl.Cl. The number of para-hydroxylation sites is 1. The predicted octanol–water partition coefficient (Wildman–Crippen LogP) is 5.78. The quantitative estimate of drug-likeness (QED) is 0.541. The Kier molecular flexibility index (Phi) is 7.28. The summed E-state index contributed by atoms with van der Waals surface area (Å²) < 4.78 is 0. The number of fused-ring (bicyclic) bond motifs is 1. The summed E-state index contributed by atoms with van der Waals surface area (Å²) in [6.07, 6.45) is 2.14. The summed E-state index contributed by atoms with van der Waals surface area (Å²) in [6.45, 7) is 3.15. The van der Waals surface area contributed by atoms with Gasteiger partial charge in [0.2, 0.25) is 0 Å². The molecule has 0 atom stereocenters. The summed E-state index contributed by atoms with van der Waals surface area (Å²) in [6, 6.07) is 19.0. The second kappa shape index (κ2) is 9.26. The molecule has 1 aromatic heterocycles. The Morgan fingerprint density at radius 3 is 2.54 bits per heavy atom. The van der Waals surface area contributed by atoms with Crippen LogP contribution in [0, 0.1) is 6.92 Å². The first kappa shape index (κ1) is 22.0. The van der Waals surface area contributed by atoms with Crippen molar-refractivity contribution in [1.82, 2.24) is 4.98 Å². The zero-order valence-electron chi connectivity index (χ0n) is 16.4. The van der Waals surface area contributed by atoms with Gasteiger partial charge >= 0.3 is 0 Å². The van der Waals surface area contributed by atoms with Crippen LogP contribution in [0.15, 0.2) is 59.6 Å². The molecule has 1 saturated heterocycles. The van der Waals surface area contributed by atoms with Crippen LogP contribution in [0.1, 0.15) is 18.4 Å². The first-order valence-corrected chi connectivity index (χ1v) is 9.11. The third-order valence-corrected chi connectivity index (χ3v) is 4.80. The molecule has 0 spiro atoms. The minimum Gasteiger partial charge on any atom is -0.363 e. The van der Waals surface area contributed by atoms with Crippen LogP contribution < -0.4 is 9.80 Å². The molecule has 1 fully saturated rings. The fourth-order valence-electron chi connectivity index (χ4n) is 3.45. The first-order valence-electron chi connectivity index (χ1n) is 9.11. The fraction of sp³-hybridized carbons (Fsp3) is 0.273. The van der Waals surface area contributed by atoms with Crippen molar-refractivity contribution in [3.05, 3.63) is 60.2 Å². The average Bonchev–Trinajstić information content (AvgIpc) is 3.09. The molecule has 148 valence electrons. The molecule has 28 heavy (non-hydrogen) atoms. The largest absolute Gasteiger partial charge is 0.363 e. The van der Waals surface area contributed by atoms with Crippen LogP contribution in [0.25, 0.3) is 10.9 Å². The van der Waals surface area contributed by atoms with Gasteiger partial charge in [0.15, 0.2) is 0 Å². The Labute approximate surface area is 179 Å². The van der Waals surface area contributed by atoms with Crippen molar-refractivity contribution >= 4 is 58.7 Å². The van der Waals surface area contributed by atoms with Crippen molar-refractivity contribution in [2.24, 2.45) is 4.99 Å². The summed E-state index contributed by atoms with van der Waals surface area (Å²) in [5, 5.41) is 1.10. The molecular formula is C22H26Cl2N4. The Morgan fingerprint density at radius 1 is 1.00 bits per heavy atom. The predicted molar refractivity (Wildman–Crippen MR) is 125 cm³/mol. The second-order valence-corrected chi connectivity index (χ2v) is 7.03. The lowest BCUT2D eigenvalue weighted by molar-refractivity contribution is 0.956. The lowest BCUT2D eigenvalue weighted by Crippen LogP contribution is -2.24. The molecule has 4 rings (SSSR count). The first-order chi connectivity index (χ1) is 12.6. The average molecular weight is 417 g/mol. The standard InChI is InChI=1S/C22H24N4.2ClH/c1-16-8-6-9-17(14-16)26-13-7-12-21(26)24-20-15-22(25(2)3)23-19-11-5-4-10-18(19)20;;/h4-6,8-11,14-15H,7,12-13H2,1-3H3;2*1H. The summed E-state index contributed by atoms with van der Waals surface area (Å²) >= 11 is 0. The van der Waals surface area contributed by atoms with Gasteiger partial charge in [0.05, 0.1) is 11.2 Å². The van der Waals surface area contributed by atoms with Gasteiger partial charge < -0.3 is 9.80 Å². The molecule has 0 N–H and O–H groups in total. The summed E-state index contributed by atoms with van der Waals surface area (Å²) in [7, 11) is 4.03. The minimum atomic E-state index is 0. The van der Waals surface area contributed by atoms with Crippen molar-refractivity contribution in [3.63, 3.8) is 0 Å². The lowest BCUT2D eigenvalue weighted by Gasteiger charge is -2.20. The third-order valence-electron chi connectivity index (χ3n) is 4.80. The Bertz CT molecular complexity index is 985. The van der Waals surface area contributed by atoms with Crippen LogP contribution in [-0.4, -0.2) is 31.5 Å². The number of aliphatic imine (C=N–C) groups is 1. The van der Waals surface area contributed by atoms with E-state index in [9.17, 15) is 0 Å². The minimum absolute atomic E-state index is 0. The molecule has 0 radical (unpaired) electrons. The highest BCUT2D eigenvalue weighted by Crippen LogP contribution is 2.31. The highest BCUT2D eigenvalue weighted by atomic mass is 35.5. The number of pyridine rings is 1. The molecule has 0 saturated carbocycles. The molecule has 4 nitrogen and oxygen atoms in total. The zero-order valence-corrected chi connectivity index (χ0v) is 18.1. The second-order valence-electron chi connectivity index (χ2n) is 7.03. The van der Waals surface area contributed by atoms with E-state index >= 15 is 0 Å². The molecular weight excluding hydrogens is 391 g/mol. The van der Waals surface area contributed by atoms with Gasteiger partial charge in [-0.25, -0.2) is 9.98 Å². The molecule has 3 aromatic rings. The van der Waals surface area contributed by atoms with E-state index in [1.54, 1.807) is 0 Å². The summed E-state index contributed by atoms with van der Waals surface area (Å²) in [5.74, 6) is 2.07. The van der Waals surface area contributed by atoms with Gasteiger partial charge in [-0.1, -0.05) is 30.3 Å². The number of anilines is 2. The number of hydrogen-bond donors (Lipinski definition) is 0. The van der Waals surface area contributed by atoms with E-state index in [-0.39, 0.29) is 24.8 Å². The van der Waals surface area contributed by atoms with Crippen LogP contribution in [0.4, 0.5) is 17.2 Å². The number of aromatic nitrogens is 1. The topological polar surface area (TPSA) is 31.7 Å². The van der Waals surface area contributed by atoms with E-state index in [0.717, 1.165) is 47.6 Å². The van der Waals surface area contributed by atoms with Crippen LogP contribution in [-0.2, 0) is 0 Å². The van der Waals surface area contributed by atoms with Crippen LogP contribution >= 0.6 is 24.8 Å². The van der Waals surface area contributed by atoms with Gasteiger partial charge in [0.25, 0.3) is 0 Å². The molecule has 2 aromatic carbocycles.